The standard InChI is InChI=1S/C25H27ClN2O3S2/c1-19(17-23-5-4-16-32-23)28(18-20-6-10-22(26)11-7-20)25(29)21-8-12-24(13-9-21)33(30,31)27-14-2-3-15-27/h4-13,16,19H,2-3,14-15,17-18H2,1H3/t19-/m1/s1. The van der Waals surface area contributed by atoms with Crippen LogP contribution in [0, 0.1) is 0 Å². The number of rotatable bonds is 8. The fourth-order valence-corrected chi connectivity index (χ4v) is 6.53. The molecule has 1 aliphatic heterocycles. The predicted molar refractivity (Wildman–Crippen MR) is 133 cm³/mol. The van der Waals surface area contributed by atoms with E-state index in [0.717, 1.165) is 24.8 Å². The van der Waals surface area contributed by atoms with E-state index in [0.29, 0.717) is 30.2 Å². The molecule has 0 bridgehead atoms. The lowest BCUT2D eigenvalue weighted by Crippen LogP contribution is -2.39. The normalized spacial score (nSPS) is 15.5. The smallest absolute Gasteiger partial charge is 0.254 e. The Hall–Kier alpha value is -2.19. The largest absolute Gasteiger partial charge is 0.331 e. The Morgan fingerprint density at radius 3 is 2.33 bits per heavy atom. The number of halogens is 1. The Morgan fingerprint density at radius 2 is 1.73 bits per heavy atom. The minimum absolute atomic E-state index is 0.0418. The minimum Gasteiger partial charge on any atom is -0.331 e. The van der Waals surface area contributed by atoms with Crippen molar-refractivity contribution in [2.45, 2.75) is 43.7 Å². The van der Waals surface area contributed by atoms with E-state index in [1.807, 2.05) is 47.5 Å². The molecule has 33 heavy (non-hydrogen) atoms. The third-order valence-electron chi connectivity index (χ3n) is 5.94. The number of carbonyl (C=O) groups is 1. The molecule has 0 N–H and O–H groups in total. The second-order valence-electron chi connectivity index (χ2n) is 8.33. The van der Waals surface area contributed by atoms with Gasteiger partial charge in [-0.1, -0.05) is 29.8 Å². The molecule has 0 aliphatic carbocycles. The van der Waals surface area contributed by atoms with Crippen LogP contribution in [0.25, 0.3) is 0 Å². The van der Waals surface area contributed by atoms with Gasteiger partial charge in [0.2, 0.25) is 10.0 Å². The van der Waals surface area contributed by atoms with Crippen molar-refractivity contribution in [3.63, 3.8) is 0 Å². The van der Waals surface area contributed by atoms with Gasteiger partial charge < -0.3 is 4.90 Å². The second-order valence-corrected chi connectivity index (χ2v) is 11.7. The number of carbonyl (C=O) groups excluding carboxylic acids is 1. The van der Waals surface area contributed by atoms with Gasteiger partial charge in [-0.2, -0.15) is 4.31 Å². The Kier molecular flexibility index (Phi) is 7.54. The third-order valence-corrected chi connectivity index (χ3v) is 9.00. The highest BCUT2D eigenvalue weighted by atomic mass is 35.5. The fraction of sp³-hybridized carbons (Fsp3) is 0.320. The van der Waals surface area contributed by atoms with Crippen LogP contribution in [0.4, 0.5) is 0 Å². The summed E-state index contributed by atoms with van der Waals surface area (Å²) in [5, 5.41) is 2.69. The van der Waals surface area contributed by atoms with E-state index in [-0.39, 0.29) is 16.8 Å². The van der Waals surface area contributed by atoms with Crippen molar-refractivity contribution in [2.24, 2.45) is 0 Å². The number of thiophene rings is 1. The molecule has 5 nitrogen and oxygen atoms in total. The summed E-state index contributed by atoms with van der Waals surface area (Å²) in [6.45, 7) is 3.59. The highest BCUT2D eigenvalue weighted by molar-refractivity contribution is 7.89. The van der Waals surface area contributed by atoms with Crippen LogP contribution >= 0.6 is 22.9 Å². The van der Waals surface area contributed by atoms with E-state index in [9.17, 15) is 13.2 Å². The average molecular weight is 503 g/mol. The molecule has 0 saturated carbocycles. The lowest BCUT2D eigenvalue weighted by molar-refractivity contribution is 0.0676. The van der Waals surface area contributed by atoms with Crippen molar-refractivity contribution in [3.8, 4) is 0 Å². The molecular weight excluding hydrogens is 476 g/mol. The molecule has 8 heteroatoms. The summed E-state index contributed by atoms with van der Waals surface area (Å²) in [5.41, 5.74) is 1.46. The third kappa shape index (κ3) is 5.66. The van der Waals surface area contributed by atoms with Gasteiger partial charge in [0.05, 0.1) is 4.90 Å². The Labute approximate surface area is 204 Å². The second kappa shape index (κ2) is 10.4. The van der Waals surface area contributed by atoms with Crippen LogP contribution in [0.15, 0.2) is 70.9 Å². The van der Waals surface area contributed by atoms with Crippen molar-refractivity contribution in [1.29, 1.82) is 0 Å². The van der Waals surface area contributed by atoms with E-state index in [1.165, 1.54) is 9.18 Å². The van der Waals surface area contributed by atoms with Gasteiger partial charge in [0, 0.05) is 47.6 Å². The van der Waals surface area contributed by atoms with E-state index in [1.54, 1.807) is 35.6 Å². The molecule has 1 atom stereocenters. The average Bonchev–Trinajstić information content (AvgIpc) is 3.53. The molecule has 174 valence electrons. The maximum Gasteiger partial charge on any atom is 0.254 e. The van der Waals surface area contributed by atoms with Crippen LogP contribution in [0.3, 0.4) is 0 Å². The molecule has 4 rings (SSSR count). The van der Waals surface area contributed by atoms with Crippen LogP contribution in [0.5, 0.6) is 0 Å². The number of hydrogen-bond acceptors (Lipinski definition) is 4. The zero-order valence-electron chi connectivity index (χ0n) is 18.5. The van der Waals surface area contributed by atoms with Crippen LogP contribution in [-0.4, -0.2) is 42.7 Å². The van der Waals surface area contributed by atoms with Crippen LogP contribution in [0.2, 0.25) is 5.02 Å². The van der Waals surface area contributed by atoms with Gasteiger partial charge in [-0.15, -0.1) is 11.3 Å². The maximum absolute atomic E-state index is 13.5. The zero-order valence-corrected chi connectivity index (χ0v) is 20.9. The van der Waals surface area contributed by atoms with Gasteiger partial charge >= 0.3 is 0 Å². The highest BCUT2D eigenvalue weighted by Gasteiger charge is 2.28. The van der Waals surface area contributed by atoms with Crippen molar-refractivity contribution in [2.75, 3.05) is 13.1 Å². The van der Waals surface area contributed by atoms with Gasteiger partial charge in [0.1, 0.15) is 0 Å². The first-order valence-corrected chi connectivity index (χ1v) is 13.7. The summed E-state index contributed by atoms with van der Waals surface area (Å²) >= 11 is 7.71. The molecule has 1 saturated heterocycles. The lowest BCUT2D eigenvalue weighted by atomic mass is 10.1. The predicted octanol–water partition coefficient (Wildman–Crippen LogP) is 5.46. The van der Waals surface area contributed by atoms with E-state index >= 15 is 0 Å². The summed E-state index contributed by atoms with van der Waals surface area (Å²) in [6, 6.07) is 17.9. The van der Waals surface area contributed by atoms with Gasteiger partial charge in [0.25, 0.3) is 5.91 Å². The van der Waals surface area contributed by atoms with E-state index in [2.05, 4.69) is 6.07 Å². The molecule has 1 aromatic heterocycles. The fourth-order valence-electron chi connectivity index (χ4n) is 4.06. The summed E-state index contributed by atoms with van der Waals surface area (Å²) < 4.78 is 27.2. The number of nitrogens with zero attached hydrogens (tertiary/aromatic N) is 2. The quantitative estimate of drug-likeness (QED) is 0.411. The van der Waals surface area contributed by atoms with Gasteiger partial charge in [-0.3, -0.25) is 4.79 Å². The molecule has 0 unspecified atom stereocenters. The lowest BCUT2D eigenvalue weighted by Gasteiger charge is -2.29. The van der Waals surface area contributed by atoms with E-state index < -0.39 is 10.0 Å². The molecule has 2 heterocycles. The van der Waals surface area contributed by atoms with Crippen molar-refractivity contribution >= 4 is 38.9 Å². The molecule has 0 radical (unpaired) electrons. The summed E-state index contributed by atoms with van der Waals surface area (Å²) in [4.78, 5) is 16.8. The van der Waals surface area contributed by atoms with E-state index in [4.69, 9.17) is 11.6 Å². The summed E-state index contributed by atoms with van der Waals surface area (Å²) in [5.74, 6) is -0.126. The van der Waals surface area contributed by atoms with Crippen LogP contribution in [0.1, 0.15) is 40.6 Å². The number of sulfonamides is 1. The molecular formula is C25H27ClN2O3S2. The Morgan fingerprint density at radius 1 is 1.06 bits per heavy atom. The van der Waals surface area contributed by atoms with Crippen molar-refractivity contribution in [1.82, 2.24) is 9.21 Å². The molecule has 1 fully saturated rings. The van der Waals surface area contributed by atoms with Gasteiger partial charge in [-0.05, 0) is 73.2 Å². The highest BCUT2D eigenvalue weighted by Crippen LogP contribution is 2.23. The summed E-state index contributed by atoms with van der Waals surface area (Å²) in [7, 11) is -3.51. The zero-order chi connectivity index (χ0) is 23.4. The van der Waals surface area contributed by atoms with Gasteiger partial charge in [-0.25, -0.2) is 8.42 Å². The summed E-state index contributed by atoms with van der Waals surface area (Å²) in [6.07, 6.45) is 2.52. The monoisotopic (exact) mass is 502 g/mol. The first kappa shape index (κ1) is 24.0. The van der Waals surface area contributed by atoms with Crippen LogP contribution in [-0.2, 0) is 23.0 Å². The molecule has 3 aromatic rings. The maximum atomic E-state index is 13.5. The van der Waals surface area contributed by atoms with Crippen molar-refractivity contribution < 1.29 is 13.2 Å². The molecule has 1 amide bonds. The number of hydrogen-bond donors (Lipinski definition) is 0. The first-order valence-electron chi connectivity index (χ1n) is 11.0. The van der Waals surface area contributed by atoms with Gasteiger partial charge in [0.15, 0.2) is 0 Å². The van der Waals surface area contributed by atoms with Crippen molar-refractivity contribution in [3.05, 3.63) is 87.1 Å². The number of benzene rings is 2. The molecule has 0 spiro atoms. The number of amides is 1. The Balaban J connectivity index is 1.57. The van der Waals surface area contributed by atoms with Crippen LogP contribution < -0.4 is 0 Å². The minimum atomic E-state index is -3.51. The Bertz CT molecular complexity index is 1170. The topological polar surface area (TPSA) is 57.7 Å². The first-order chi connectivity index (χ1) is 15.8. The molecule has 2 aromatic carbocycles. The molecule has 1 aliphatic rings. The SMILES string of the molecule is C[C@H](Cc1cccs1)N(Cc1ccc(Cl)cc1)C(=O)c1ccc(S(=O)(=O)N2CCCC2)cc1.